The van der Waals surface area contributed by atoms with Gasteiger partial charge in [-0.15, -0.1) is 0 Å². The van der Waals surface area contributed by atoms with Gasteiger partial charge in [0.2, 0.25) is 5.91 Å². The highest BCUT2D eigenvalue weighted by atomic mass is 16.2. The molecule has 0 aromatic heterocycles. The number of hydrogen-bond acceptors (Lipinski definition) is 2. The zero-order chi connectivity index (χ0) is 10.1. The fraction of sp³-hybridized carbons (Fsp3) is 0.900. The molecule has 2 N–H and O–H groups in total. The smallest absolute Gasteiger partial charge is 0.222 e. The Balaban J connectivity index is 3.80. The maximum atomic E-state index is 11.6. The van der Waals surface area contributed by atoms with Crippen LogP contribution in [0, 0.1) is 0 Å². The predicted molar refractivity (Wildman–Crippen MR) is 55.5 cm³/mol. The van der Waals surface area contributed by atoms with Crippen LogP contribution in [-0.2, 0) is 4.79 Å². The Labute approximate surface area is 81.3 Å². The van der Waals surface area contributed by atoms with E-state index in [4.69, 9.17) is 5.73 Å². The molecule has 3 nitrogen and oxygen atoms in total. The summed E-state index contributed by atoms with van der Waals surface area (Å²) in [6.45, 7) is 6.57. The molecule has 0 aliphatic carbocycles. The molecule has 0 aromatic carbocycles. The van der Waals surface area contributed by atoms with Crippen LogP contribution in [0.15, 0.2) is 0 Å². The van der Waals surface area contributed by atoms with Crippen LogP contribution in [0.25, 0.3) is 0 Å². The molecule has 0 unspecified atom stereocenters. The molecule has 0 aromatic rings. The van der Waals surface area contributed by atoms with E-state index in [2.05, 4.69) is 13.8 Å². The van der Waals surface area contributed by atoms with Gasteiger partial charge >= 0.3 is 0 Å². The van der Waals surface area contributed by atoms with Crippen LogP contribution in [0.4, 0.5) is 0 Å². The highest BCUT2D eigenvalue weighted by Crippen LogP contribution is 2.00. The molecule has 13 heavy (non-hydrogen) atoms. The second-order valence-corrected chi connectivity index (χ2v) is 3.27. The molecule has 0 aliphatic heterocycles. The number of nitrogens with two attached hydrogens (primary N) is 1. The standard InChI is InChI=1S/C10H22N2O/c1-3-8-12(9-4-2)10(13)6-5-7-11/h3-9,11H2,1-2H3. The highest BCUT2D eigenvalue weighted by Gasteiger charge is 2.09. The first-order chi connectivity index (χ1) is 6.26. The van der Waals surface area contributed by atoms with Gasteiger partial charge in [-0.25, -0.2) is 0 Å². The van der Waals surface area contributed by atoms with E-state index in [1.54, 1.807) is 0 Å². The number of hydrogen-bond donors (Lipinski definition) is 1. The van der Waals surface area contributed by atoms with Crippen LogP contribution in [0.3, 0.4) is 0 Å². The first kappa shape index (κ1) is 12.4. The minimum Gasteiger partial charge on any atom is -0.343 e. The summed E-state index contributed by atoms with van der Waals surface area (Å²) in [4.78, 5) is 13.5. The third-order valence-electron chi connectivity index (χ3n) is 1.93. The second-order valence-electron chi connectivity index (χ2n) is 3.27. The van der Waals surface area contributed by atoms with E-state index in [0.717, 1.165) is 32.4 Å². The fourth-order valence-corrected chi connectivity index (χ4v) is 1.31. The van der Waals surface area contributed by atoms with Gasteiger partial charge in [-0.3, -0.25) is 4.79 Å². The Morgan fingerprint density at radius 1 is 1.23 bits per heavy atom. The van der Waals surface area contributed by atoms with Crippen molar-refractivity contribution in [3.63, 3.8) is 0 Å². The Kier molecular flexibility index (Phi) is 7.69. The normalized spacial score (nSPS) is 10.1. The van der Waals surface area contributed by atoms with Crippen molar-refractivity contribution in [2.24, 2.45) is 5.73 Å². The van der Waals surface area contributed by atoms with Crippen molar-refractivity contribution >= 4 is 5.91 Å². The van der Waals surface area contributed by atoms with Crippen molar-refractivity contribution in [2.45, 2.75) is 39.5 Å². The molecule has 78 valence electrons. The van der Waals surface area contributed by atoms with Crippen LogP contribution in [0.1, 0.15) is 39.5 Å². The molecule has 1 amide bonds. The van der Waals surface area contributed by atoms with Gasteiger partial charge in [0.25, 0.3) is 0 Å². The third kappa shape index (κ3) is 5.64. The van der Waals surface area contributed by atoms with Crippen molar-refractivity contribution < 1.29 is 4.79 Å². The molecule has 0 saturated carbocycles. The number of carbonyl (C=O) groups is 1. The molecule has 0 rings (SSSR count). The van der Waals surface area contributed by atoms with Crippen molar-refractivity contribution in [1.82, 2.24) is 4.90 Å². The lowest BCUT2D eigenvalue weighted by Gasteiger charge is -2.21. The zero-order valence-corrected chi connectivity index (χ0v) is 8.88. The molecule has 3 heteroatoms. The highest BCUT2D eigenvalue weighted by molar-refractivity contribution is 5.76. The predicted octanol–water partition coefficient (Wildman–Crippen LogP) is 1.37. The molecular formula is C10H22N2O. The molecule has 0 atom stereocenters. The van der Waals surface area contributed by atoms with Crippen molar-refractivity contribution in [3.8, 4) is 0 Å². The van der Waals surface area contributed by atoms with E-state index in [-0.39, 0.29) is 5.91 Å². The molecule has 0 spiro atoms. The van der Waals surface area contributed by atoms with Crippen molar-refractivity contribution in [2.75, 3.05) is 19.6 Å². The topological polar surface area (TPSA) is 46.3 Å². The average Bonchev–Trinajstić information content (AvgIpc) is 2.14. The number of amides is 1. The van der Waals surface area contributed by atoms with Gasteiger partial charge in [-0.1, -0.05) is 13.8 Å². The summed E-state index contributed by atoms with van der Waals surface area (Å²) in [5.74, 6) is 0.258. The molecule has 0 radical (unpaired) electrons. The minimum atomic E-state index is 0.258. The lowest BCUT2D eigenvalue weighted by Crippen LogP contribution is -2.32. The molecule has 0 heterocycles. The lowest BCUT2D eigenvalue weighted by atomic mass is 10.2. The first-order valence-electron chi connectivity index (χ1n) is 5.24. The lowest BCUT2D eigenvalue weighted by molar-refractivity contribution is -0.131. The van der Waals surface area contributed by atoms with Gasteiger partial charge in [-0.05, 0) is 25.8 Å². The van der Waals surface area contributed by atoms with Gasteiger partial charge in [0.15, 0.2) is 0 Å². The van der Waals surface area contributed by atoms with E-state index >= 15 is 0 Å². The first-order valence-corrected chi connectivity index (χ1v) is 5.24. The monoisotopic (exact) mass is 186 g/mol. The largest absolute Gasteiger partial charge is 0.343 e. The third-order valence-corrected chi connectivity index (χ3v) is 1.93. The molecule has 0 bridgehead atoms. The molecule has 0 fully saturated rings. The summed E-state index contributed by atoms with van der Waals surface area (Å²) in [6.07, 6.45) is 3.49. The van der Waals surface area contributed by atoms with E-state index in [9.17, 15) is 4.79 Å². The van der Waals surface area contributed by atoms with E-state index in [0.29, 0.717) is 13.0 Å². The summed E-state index contributed by atoms with van der Waals surface area (Å²) in [5.41, 5.74) is 5.35. The summed E-state index contributed by atoms with van der Waals surface area (Å²) in [7, 11) is 0. The maximum absolute atomic E-state index is 11.6. The summed E-state index contributed by atoms with van der Waals surface area (Å²) >= 11 is 0. The van der Waals surface area contributed by atoms with Crippen molar-refractivity contribution in [1.29, 1.82) is 0 Å². The van der Waals surface area contributed by atoms with Crippen LogP contribution in [-0.4, -0.2) is 30.4 Å². The Bertz CT molecular complexity index is 131. The van der Waals surface area contributed by atoms with Crippen LogP contribution in [0.2, 0.25) is 0 Å². The van der Waals surface area contributed by atoms with Crippen LogP contribution < -0.4 is 5.73 Å². The zero-order valence-electron chi connectivity index (χ0n) is 8.88. The number of rotatable bonds is 7. The van der Waals surface area contributed by atoms with E-state index in [1.165, 1.54) is 0 Å². The van der Waals surface area contributed by atoms with Gasteiger partial charge in [0.1, 0.15) is 0 Å². The van der Waals surface area contributed by atoms with Crippen LogP contribution in [0.5, 0.6) is 0 Å². The summed E-state index contributed by atoms with van der Waals surface area (Å²) in [5, 5.41) is 0. The van der Waals surface area contributed by atoms with E-state index < -0.39 is 0 Å². The van der Waals surface area contributed by atoms with Gasteiger partial charge in [0.05, 0.1) is 0 Å². The Morgan fingerprint density at radius 3 is 2.15 bits per heavy atom. The fourth-order valence-electron chi connectivity index (χ4n) is 1.31. The summed E-state index contributed by atoms with van der Waals surface area (Å²) in [6, 6.07) is 0. The average molecular weight is 186 g/mol. The second kappa shape index (κ2) is 8.05. The van der Waals surface area contributed by atoms with Gasteiger partial charge in [0, 0.05) is 19.5 Å². The van der Waals surface area contributed by atoms with Gasteiger partial charge in [-0.2, -0.15) is 0 Å². The minimum absolute atomic E-state index is 0.258. The van der Waals surface area contributed by atoms with Crippen molar-refractivity contribution in [3.05, 3.63) is 0 Å². The van der Waals surface area contributed by atoms with E-state index in [1.807, 2.05) is 4.90 Å². The van der Waals surface area contributed by atoms with Gasteiger partial charge < -0.3 is 10.6 Å². The number of carbonyl (C=O) groups excluding carboxylic acids is 1. The quantitative estimate of drug-likeness (QED) is 0.653. The molecule has 0 aliphatic rings. The SMILES string of the molecule is CCCN(CCC)C(=O)CCCN. The maximum Gasteiger partial charge on any atom is 0.222 e. The molecular weight excluding hydrogens is 164 g/mol. The summed E-state index contributed by atoms with van der Waals surface area (Å²) < 4.78 is 0. The van der Waals surface area contributed by atoms with Crippen LogP contribution >= 0.6 is 0 Å². The Morgan fingerprint density at radius 2 is 1.77 bits per heavy atom. The Hall–Kier alpha value is -0.570. The molecule has 0 saturated heterocycles. The number of nitrogens with zero attached hydrogens (tertiary/aromatic N) is 1.